The number of carbonyl (C=O) groups is 2. The number of hydrogen-bond donors (Lipinski definition) is 1. The lowest BCUT2D eigenvalue weighted by Crippen LogP contribution is -2.63. The molecule has 3 aromatic heterocycles. The van der Waals surface area contributed by atoms with E-state index < -0.39 is 5.54 Å². The first kappa shape index (κ1) is 44.2. The molecule has 16 nitrogen and oxygen atoms in total. The van der Waals surface area contributed by atoms with Crippen LogP contribution in [0.2, 0.25) is 0 Å². The van der Waals surface area contributed by atoms with Crippen molar-refractivity contribution in [1.29, 1.82) is 0 Å². The Morgan fingerprint density at radius 2 is 1.54 bits per heavy atom. The molecular weight excluding hydrogens is 825 g/mol. The van der Waals surface area contributed by atoms with Gasteiger partial charge in [-0.25, -0.2) is 14.6 Å². The monoisotopic (exact) mass is 886 g/mol. The molecule has 65 heavy (non-hydrogen) atoms. The van der Waals surface area contributed by atoms with Crippen molar-refractivity contribution in [2.24, 2.45) is 11.8 Å². The normalized spacial score (nSPS) is 22.1. The van der Waals surface area contributed by atoms with Crippen LogP contribution in [0.5, 0.6) is 23.0 Å². The number of rotatable bonds is 13. The number of carbonyl (C=O) groups excluding carboxylic acids is 2. The Labute approximate surface area is 381 Å². The van der Waals surface area contributed by atoms with Crippen LogP contribution in [-0.4, -0.2) is 139 Å². The van der Waals surface area contributed by atoms with Crippen molar-refractivity contribution in [3.8, 4) is 23.0 Å². The number of piperazine rings is 1. The molecule has 1 spiro atoms. The summed E-state index contributed by atoms with van der Waals surface area (Å²) in [5.74, 6) is 3.37. The number of aromatic nitrogens is 5. The molecule has 5 aromatic rings. The quantitative estimate of drug-likeness (QED) is 0.171. The Kier molecular flexibility index (Phi) is 12.8. The average molecular weight is 887 g/mol. The van der Waals surface area contributed by atoms with Gasteiger partial charge in [-0.2, -0.15) is 5.10 Å². The zero-order valence-electron chi connectivity index (χ0n) is 38.6. The summed E-state index contributed by atoms with van der Waals surface area (Å²) in [4.78, 5) is 52.5. The van der Waals surface area contributed by atoms with Crippen molar-refractivity contribution < 1.29 is 28.5 Å². The largest absolute Gasteiger partial charge is 0.493 e. The second kappa shape index (κ2) is 18.8. The molecule has 1 saturated carbocycles. The van der Waals surface area contributed by atoms with Crippen molar-refractivity contribution in [2.45, 2.75) is 63.6 Å². The van der Waals surface area contributed by atoms with E-state index in [4.69, 9.17) is 23.9 Å². The van der Waals surface area contributed by atoms with E-state index in [0.29, 0.717) is 101 Å². The molecule has 2 amide bonds. The van der Waals surface area contributed by atoms with E-state index in [1.807, 2.05) is 30.1 Å². The van der Waals surface area contributed by atoms with Crippen LogP contribution in [0, 0.1) is 11.8 Å². The van der Waals surface area contributed by atoms with Crippen LogP contribution >= 0.6 is 0 Å². The van der Waals surface area contributed by atoms with Gasteiger partial charge in [0.2, 0.25) is 11.8 Å². The lowest BCUT2D eigenvalue weighted by atomic mass is 9.58. The number of likely N-dealkylation sites (N-methyl/N-ethyl adjacent to an activating group) is 1. The van der Waals surface area contributed by atoms with Gasteiger partial charge in [-0.15, -0.1) is 0 Å². The van der Waals surface area contributed by atoms with Crippen molar-refractivity contribution in [3.05, 3.63) is 89.1 Å². The highest BCUT2D eigenvalue weighted by Crippen LogP contribution is 2.59. The smallest absolute Gasteiger partial charge is 0.225 e. The van der Waals surface area contributed by atoms with E-state index in [9.17, 15) is 4.79 Å². The van der Waals surface area contributed by atoms with Gasteiger partial charge in [0.1, 0.15) is 12.1 Å². The van der Waals surface area contributed by atoms with E-state index in [0.717, 1.165) is 58.6 Å². The third kappa shape index (κ3) is 7.98. The molecule has 4 aliphatic rings. The second-order valence-electron chi connectivity index (χ2n) is 17.6. The summed E-state index contributed by atoms with van der Waals surface area (Å²) in [7, 11) is 8.58. The van der Waals surface area contributed by atoms with Crippen molar-refractivity contribution in [2.75, 3.05) is 92.7 Å². The predicted molar refractivity (Wildman–Crippen MR) is 247 cm³/mol. The molecule has 0 radical (unpaired) electrons. The number of methoxy groups -OCH3 is 4. The Morgan fingerprint density at radius 1 is 0.846 bits per heavy atom. The third-order valence-electron chi connectivity index (χ3n) is 14.6. The van der Waals surface area contributed by atoms with Gasteiger partial charge in [-0.1, -0.05) is 6.92 Å². The van der Waals surface area contributed by atoms with Crippen LogP contribution in [0.25, 0.3) is 11.0 Å². The Bertz CT molecular complexity index is 2510. The van der Waals surface area contributed by atoms with Crippen LogP contribution in [0.3, 0.4) is 0 Å². The molecule has 344 valence electrons. The second-order valence-corrected chi connectivity index (χ2v) is 17.6. The molecule has 1 aliphatic carbocycles. The number of hydrogen-bond acceptors (Lipinski definition) is 13. The van der Waals surface area contributed by atoms with Crippen molar-refractivity contribution in [3.63, 3.8) is 0 Å². The number of fused-ring (bicyclic) bond motifs is 4. The number of benzene rings is 2. The van der Waals surface area contributed by atoms with Gasteiger partial charge >= 0.3 is 0 Å². The highest BCUT2D eigenvalue weighted by atomic mass is 16.5. The summed E-state index contributed by atoms with van der Waals surface area (Å²) in [6.07, 6.45) is 10.8. The number of ether oxygens (including phenoxy) is 4. The summed E-state index contributed by atoms with van der Waals surface area (Å²) < 4.78 is 25.5. The van der Waals surface area contributed by atoms with Crippen LogP contribution in [0.4, 0.5) is 5.82 Å². The molecule has 6 heterocycles. The van der Waals surface area contributed by atoms with Gasteiger partial charge in [-0.05, 0) is 110 Å². The van der Waals surface area contributed by atoms with Crippen molar-refractivity contribution >= 4 is 28.7 Å². The summed E-state index contributed by atoms with van der Waals surface area (Å²) in [6.45, 7) is 7.98. The summed E-state index contributed by atoms with van der Waals surface area (Å²) >= 11 is 0. The highest BCUT2D eigenvalue weighted by molar-refractivity contribution is 5.87. The first-order chi connectivity index (χ1) is 31.8. The molecule has 2 aromatic carbocycles. The minimum absolute atomic E-state index is 0.110. The number of nitrogens with one attached hydrogen (secondary N) is 1. The Balaban J connectivity index is 1.07. The van der Waals surface area contributed by atoms with E-state index in [1.165, 1.54) is 5.56 Å². The zero-order chi connectivity index (χ0) is 45.2. The predicted octanol–water partition coefficient (Wildman–Crippen LogP) is 4.88. The third-order valence-corrected chi connectivity index (χ3v) is 14.6. The average Bonchev–Trinajstić information content (AvgIpc) is 3.77. The minimum Gasteiger partial charge on any atom is -0.493 e. The van der Waals surface area contributed by atoms with Gasteiger partial charge in [0.05, 0.1) is 52.1 Å². The van der Waals surface area contributed by atoms with E-state index in [-0.39, 0.29) is 29.7 Å². The lowest BCUT2D eigenvalue weighted by molar-refractivity contribution is -0.153. The first-order valence-electron chi connectivity index (χ1n) is 23.0. The first-order valence-corrected chi connectivity index (χ1v) is 23.0. The Hall–Kier alpha value is -6.00. The van der Waals surface area contributed by atoms with Crippen LogP contribution in [0.15, 0.2) is 61.3 Å². The lowest BCUT2D eigenvalue weighted by Gasteiger charge is -2.59. The highest BCUT2D eigenvalue weighted by Gasteiger charge is 2.58. The fourth-order valence-corrected chi connectivity index (χ4v) is 11.5. The SMILES string of the molecule is CCN1CCc2cc(OC)c(OC)cc2C1C1C[C@H](C(=O)N2CCN(c3ncnc4c3cnn4Cc3ccncc3)CC2)CCC12c1cc(OC)c(OC)cc1CCN2C(=O)CCNC. The molecule has 1 N–H and O–H groups in total. The van der Waals surface area contributed by atoms with Gasteiger partial charge in [0, 0.05) is 82.5 Å². The molecular formula is C49H62N10O6. The summed E-state index contributed by atoms with van der Waals surface area (Å²) in [5, 5.41) is 8.79. The molecule has 4 atom stereocenters. The summed E-state index contributed by atoms with van der Waals surface area (Å²) in [5.41, 5.74) is 5.73. The maximum atomic E-state index is 15.1. The molecule has 3 aliphatic heterocycles. The Morgan fingerprint density at radius 3 is 2.25 bits per heavy atom. The number of anilines is 1. The molecule has 1 saturated heterocycles. The van der Waals surface area contributed by atoms with Gasteiger partial charge in [0.15, 0.2) is 28.6 Å². The maximum Gasteiger partial charge on any atom is 0.225 e. The van der Waals surface area contributed by atoms with Crippen LogP contribution < -0.4 is 29.2 Å². The fraction of sp³-hybridized carbons (Fsp3) is 0.510. The molecule has 9 rings (SSSR count). The molecule has 2 fully saturated rings. The number of amides is 2. The molecule has 16 heteroatoms. The molecule has 3 unspecified atom stereocenters. The van der Waals surface area contributed by atoms with Gasteiger partial charge < -0.3 is 39.0 Å². The van der Waals surface area contributed by atoms with E-state index in [2.05, 4.69) is 71.2 Å². The number of pyridine rings is 1. The standard InChI is InChI=1S/C49H62N10O6/c1-7-55-18-12-33-25-40(62-3)42(64-5)27-36(33)45(55)39-24-35(8-14-49(39)38-28-43(65-6)41(63-4)26-34(38)13-19-58(49)44(60)11-15-50-2)48(61)57-22-20-56(21-23-57)46-37-29-54-59(47(37)53-31-52-46)30-32-9-16-51-17-10-32/h9-10,16-17,25-29,31,35,39,45,50H,7-8,11-15,18-24,30H2,1-6H3/t35-,39?,45?,49?/m1/s1. The van der Waals surface area contributed by atoms with Crippen LogP contribution in [-0.2, 0) is 34.5 Å². The zero-order valence-corrected chi connectivity index (χ0v) is 38.6. The van der Waals surface area contributed by atoms with Gasteiger partial charge in [0.25, 0.3) is 0 Å². The van der Waals surface area contributed by atoms with Gasteiger partial charge in [-0.3, -0.25) is 19.5 Å². The molecule has 0 bridgehead atoms. The minimum atomic E-state index is -0.743. The van der Waals surface area contributed by atoms with Crippen LogP contribution in [0.1, 0.15) is 66.5 Å². The fourth-order valence-electron chi connectivity index (χ4n) is 11.5. The summed E-state index contributed by atoms with van der Waals surface area (Å²) in [6, 6.07) is 12.3. The maximum absolute atomic E-state index is 15.1. The van der Waals surface area contributed by atoms with E-state index in [1.54, 1.807) is 47.2 Å². The number of nitrogens with zero attached hydrogens (tertiary/aromatic N) is 9. The van der Waals surface area contributed by atoms with E-state index >= 15 is 4.79 Å². The van der Waals surface area contributed by atoms with Crippen molar-refractivity contribution in [1.82, 2.24) is 44.7 Å². The topological polar surface area (TPSA) is 153 Å².